The number of anilines is 2. The van der Waals surface area contributed by atoms with Gasteiger partial charge in [-0.15, -0.1) is 0 Å². The van der Waals surface area contributed by atoms with E-state index in [1.807, 2.05) is 0 Å². The molecule has 0 aliphatic carbocycles. The summed E-state index contributed by atoms with van der Waals surface area (Å²) in [5.41, 5.74) is 1.33. The lowest BCUT2D eigenvalue weighted by Gasteiger charge is -2.11. The van der Waals surface area contributed by atoms with Crippen molar-refractivity contribution in [3.05, 3.63) is 48.0 Å². The van der Waals surface area contributed by atoms with Gasteiger partial charge in [0, 0.05) is 17.4 Å². The number of carbonyl (C=O) groups excluding carboxylic acids is 3. The zero-order valence-corrected chi connectivity index (χ0v) is 15.9. The summed E-state index contributed by atoms with van der Waals surface area (Å²) in [5.74, 6) is -0.402. The molecule has 2 amide bonds. The number of hydrogen-bond donors (Lipinski definition) is 2. The molecule has 28 heavy (non-hydrogen) atoms. The highest BCUT2D eigenvalue weighted by atomic mass is 16.5. The standard InChI is InChI=1S/C20H22N2O6/c1-4-28-20(25)13-5-7-14(8-6-13)21-18(23)12-19(24)22-15-9-10-16(26-2)17(11-15)27-3/h5-11H,4,12H2,1-3H3,(H,21,23)(H,22,24). The summed E-state index contributed by atoms with van der Waals surface area (Å²) in [6.07, 6.45) is -0.367. The highest BCUT2D eigenvalue weighted by Crippen LogP contribution is 2.29. The van der Waals surface area contributed by atoms with Gasteiger partial charge in [0.2, 0.25) is 11.8 Å². The molecule has 0 spiro atoms. The van der Waals surface area contributed by atoms with Gasteiger partial charge in [-0.3, -0.25) is 9.59 Å². The van der Waals surface area contributed by atoms with Crippen LogP contribution in [0.1, 0.15) is 23.7 Å². The van der Waals surface area contributed by atoms with Crippen LogP contribution in [-0.4, -0.2) is 38.6 Å². The molecule has 2 aromatic carbocycles. The van der Waals surface area contributed by atoms with E-state index >= 15 is 0 Å². The fraction of sp³-hybridized carbons (Fsp3) is 0.250. The van der Waals surface area contributed by atoms with E-state index in [1.165, 1.54) is 26.4 Å². The van der Waals surface area contributed by atoms with E-state index in [0.717, 1.165) is 0 Å². The maximum Gasteiger partial charge on any atom is 0.338 e. The van der Waals surface area contributed by atoms with Crippen LogP contribution in [0.15, 0.2) is 42.5 Å². The van der Waals surface area contributed by atoms with Gasteiger partial charge < -0.3 is 24.8 Å². The van der Waals surface area contributed by atoms with Crippen LogP contribution >= 0.6 is 0 Å². The first-order valence-corrected chi connectivity index (χ1v) is 8.55. The summed E-state index contributed by atoms with van der Waals surface area (Å²) in [6.45, 7) is 2.01. The lowest BCUT2D eigenvalue weighted by Crippen LogP contribution is -2.21. The minimum Gasteiger partial charge on any atom is -0.493 e. The Hall–Kier alpha value is -3.55. The number of rotatable bonds is 8. The van der Waals surface area contributed by atoms with Crippen LogP contribution in [0.3, 0.4) is 0 Å². The molecule has 8 heteroatoms. The van der Waals surface area contributed by atoms with Crippen molar-refractivity contribution in [1.82, 2.24) is 0 Å². The molecule has 148 valence electrons. The number of methoxy groups -OCH3 is 2. The number of benzene rings is 2. The molecule has 0 aliphatic rings. The van der Waals surface area contributed by atoms with Crippen molar-refractivity contribution in [3.8, 4) is 11.5 Å². The molecule has 0 aromatic heterocycles. The molecule has 2 aromatic rings. The van der Waals surface area contributed by atoms with Gasteiger partial charge in [-0.2, -0.15) is 0 Å². The predicted octanol–water partition coefficient (Wildman–Crippen LogP) is 2.85. The summed E-state index contributed by atoms with van der Waals surface area (Å²) in [4.78, 5) is 35.7. The van der Waals surface area contributed by atoms with E-state index in [0.29, 0.717) is 28.4 Å². The third kappa shape index (κ3) is 5.73. The molecule has 0 atom stereocenters. The molecule has 0 fully saturated rings. The largest absolute Gasteiger partial charge is 0.493 e. The molecule has 0 aliphatic heterocycles. The Morgan fingerprint density at radius 3 is 1.96 bits per heavy atom. The average molecular weight is 386 g/mol. The van der Waals surface area contributed by atoms with Crippen LogP contribution in [0.4, 0.5) is 11.4 Å². The van der Waals surface area contributed by atoms with Gasteiger partial charge >= 0.3 is 5.97 Å². The van der Waals surface area contributed by atoms with Gasteiger partial charge in [0.05, 0.1) is 26.4 Å². The van der Waals surface area contributed by atoms with Crippen LogP contribution < -0.4 is 20.1 Å². The third-order valence-corrected chi connectivity index (χ3v) is 3.67. The quantitative estimate of drug-likeness (QED) is 0.534. The first kappa shape index (κ1) is 20.8. The number of esters is 1. The van der Waals surface area contributed by atoms with Crippen molar-refractivity contribution in [2.24, 2.45) is 0 Å². The Bertz CT molecular complexity index is 848. The van der Waals surface area contributed by atoms with Gasteiger partial charge in [-0.05, 0) is 43.3 Å². The van der Waals surface area contributed by atoms with E-state index in [2.05, 4.69) is 10.6 Å². The Balaban J connectivity index is 1.90. The molecular weight excluding hydrogens is 364 g/mol. The SMILES string of the molecule is CCOC(=O)c1ccc(NC(=O)CC(=O)Nc2ccc(OC)c(OC)c2)cc1. The minimum atomic E-state index is -0.484. The highest BCUT2D eigenvalue weighted by Gasteiger charge is 2.12. The normalized spacial score (nSPS) is 9.96. The first-order valence-electron chi connectivity index (χ1n) is 8.55. The number of nitrogens with one attached hydrogen (secondary N) is 2. The molecule has 8 nitrogen and oxygen atoms in total. The van der Waals surface area contributed by atoms with Crippen LogP contribution in [0.5, 0.6) is 11.5 Å². The van der Waals surface area contributed by atoms with Crippen molar-refractivity contribution in [1.29, 1.82) is 0 Å². The van der Waals surface area contributed by atoms with E-state index < -0.39 is 17.8 Å². The zero-order chi connectivity index (χ0) is 20.5. The third-order valence-electron chi connectivity index (χ3n) is 3.67. The van der Waals surface area contributed by atoms with Crippen LogP contribution in [0, 0.1) is 0 Å². The van der Waals surface area contributed by atoms with Crippen LogP contribution in [-0.2, 0) is 14.3 Å². The van der Waals surface area contributed by atoms with Crippen LogP contribution in [0.25, 0.3) is 0 Å². The fourth-order valence-electron chi connectivity index (χ4n) is 2.37. The van der Waals surface area contributed by atoms with Crippen molar-refractivity contribution in [2.45, 2.75) is 13.3 Å². The van der Waals surface area contributed by atoms with Crippen molar-refractivity contribution < 1.29 is 28.6 Å². The van der Waals surface area contributed by atoms with E-state index in [9.17, 15) is 14.4 Å². The monoisotopic (exact) mass is 386 g/mol. The number of amides is 2. The molecule has 0 unspecified atom stereocenters. The summed E-state index contributed by atoms with van der Waals surface area (Å²) in [5, 5.41) is 5.23. The summed E-state index contributed by atoms with van der Waals surface area (Å²) < 4.78 is 15.2. The smallest absolute Gasteiger partial charge is 0.338 e. The molecule has 2 rings (SSSR count). The summed E-state index contributed by atoms with van der Waals surface area (Å²) in [7, 11) is 3.00. The van der Waals surface area contributed by atoms with Crippen LogP contribution in [0.2, 0.25) is 0 Å². The van der Waals surface area contributed by atoms with E-state index in [4.69, 9.17) is 14.2 Å². The highest BCUT2D eigenvalue weighted by molar-refractivity contribution is 6.08. The molecule has 0 bridgehead atoms. The number of hydrogen-bond acceptors (Lipinski definition) is 6. The minimum absolute atomic E-state index is 0.284. The molecular formula is C20H22N2O6. The van der Waals surface area contributed by atoms with Gasteiger partial charge in [-0.1, -0.05) is 0 Å². The second-order valence-corrected chi connectivity index (χ2v) is 5.64. The van der Waals surface area contributed by atoms with Gasteiger partial charge in [0.1, 0.15) is 6.42 Å². The molecule has 2 N–H and O–H groups in total. The Labute approximate surface area is 162 Å². The maximum absolute atomic E-state index is 12.1. The second kappa shape index (κ2) is 9.96. The Morgan fingerprint density at radius 2 is 1.39 bits per heavy atom. The van der Waals surface area contributed by atoms with Crippen molar-refractivity contribution in [3.63, 3.8) is 0 Å². The molecule has 0 saturated carbocycles. The van der Waals surface area contributed by atoms with Gasteiger partial charge in [-0.25, -0.2) is 4.79 Å². The molecule has 0 saturated heterocycles. The topological polar surface area (TPSA) is 103 Å². The summed E-state index contributed by atoms with van der Waals surface area (Å²) in [6, 6.07) is 11.1. The van der Waals surface area contributed by atoms with Gasteiger partial charge in [0.25, 0.3) is 0 Å². The van der Waals surface area contributed by atoms with E-state index in [-0.39, 0.29) is 13.0 Å². The maximum atomic E-state index is 12.1. The van der Waals surface area contributed by atoms with Gasteiger partial charge in [0.15, 0.2) is 11.5 Å². The number of ether oxygens (including phenoxy) is 3. The average Bonchev–Trinajstić information content (AvgIpc) is 2.68. The predicted molar refractivity (Wildman–Crippen MR) is 104 cm³/mol. The lowest BCUT2D eigenvalue weighted by atomic mass is 10.2. The Kier molecular flexibility index (Phi) is 7.38. The molecule has 0 radical (unpaired) electrons. The fourth-order valence-corrected chi connectivity index (χ4v) is 2.37. The van der Waals surface area contributed by atoms with Crippen molar-refractivity contribution >= 4 is 29.2 Å². The Morgan fingerprint density at radius 1 is 0.821 bits per heavy atom. The first-order chi connectivity index (χ1) is 13.5. The zero-order valence-electron chi connectivity index (χ0n) is 15.9. The lowest BCUT2D eigenvalue weighted by molar-refractivity contribution is -0.123. The van der Waals surface area contributed by atoms with Crippen molar-refractivity contribution in [2.75, 3.05) is 31.5 Å². The number of carbonyl (C=O) groups is 3. The molecule has 0 heterocycles. The summed E-state index contributed by atoms with van der Waals surface area (Å²) >= 11 is 0. The second-order valence-electron chi connectivity index (χ2n) is 5.64. The van der Waals surface area contributed by atoms with E-state index in [1.54, 1.807) is 37.3 Å².